The van der Waals surface area contributed by atoms with Crippen LogP contribution in [0.1, 0.15) is 24.2 Å². The van der Waals surface area contributed by atoms with Crippen molar-refractivity contribution in [2.24, 2.45) is 0 Å². The molecule has 0 aliphatic heterocycles. The number of aryl methyl sites for hydroxylation is 1. The molecule has 0 bridgehead atoms. The van der Waals surface area contributed by atoms with Crippen molar-refractivity contribution in [3.63, 3.8) is 0 Å². The van der Waals surface area contributed by atoms with Crippen LogP contribution in [0.15, 0.2) is 36.4 Å². The zero-order valence-corrected chi connectivity index (χ0v) is 11.5. The number of rotatable bonds is 4. The lowest BCUT2D eigenvalue weighted by molar-refractivity contribution is -0.385. The summed E-state index contributed by atoms with van der Waals surface area (Å²) >= 11 is 0. The SMILES string of the molecule is Cc1ccc([N+](=O)[O-])c(Oc2cccc(F)c2C(C)O)c1. The van der Waals surface area contributed by atoms with Crippen LogP contribution in [0.3, 0.4) is 0 Å². The monoisotopic (exact) mass is 291 g/mol. The molecule has 0 saturated heterocycles. The number of hydrogen-bond donors (Lipinski definition) is 1. The van der Waals surface area contributed by atoms with Gasteiger partial charge in [-0.15, -0.1) is 0 Å². The van der Waals surface area contributed by atoms with Crippen molar-refractivity contribution in [3.8, 4) is 11.5 Å². The highest BCUT2D eigenvalue weighted by atomic mass is 19.1. The summed E-state index contributed by atoms with van der Waals surface area (Å²) in [5, 5.41) is 20.7. The Kier molecular flexibility index (Phi) is 4.18. The molecule has 2 aromatic rings. The second-order valence-corrected chi connectivity index (χ2v) is 4.66. The predicted octanol–water partition coefficient (Wildman–Crippen LogP) is 3.89. The number of benzene rings is 2. The molecule has 0 fully saturated rings. The number of aliphatic hydroxyl groups is 1. The number of ether oxygens (including phenoxy) is 1. The first-order valence-electron chi connectivity index (χ1n) is 6.29. The highest BCUT2D eigenvalue weighted by molar-refractivity contribution is 5.51. The molecule has 0 aliphatic rings. The first-order valence-corrected chi connectivity index (χ1v) is 6.29. The largest absolute Gasteiger partial charge is 0.450 e. The molecule has 0 aromatic heterocycles. The van der Waals surface area contributed by atoms with Crippen LogP contribution >= 0.6 is 0 Å². The summed E-state index contributed by atoms with van der Waals surface area (Å²) in [4.78, 5) is 10.4. The second-order valence-electron chi connectivity index (χ2n) is 4.66. The Morgan fingerprint density at radius 3 is 2.62 bits per heavy atom. The van der Waals surface area contributed by atoms with Crippen LogP contribution in [0.5, 0.6) is 11.5 Å². The van der Waals surface area contributed by atoms with Crippen molar-refractivity contribution in [2.75, 3.05) is 0 Å². The molecule has 2 rings (SSSR count). The van der Waals surface area contributed by atoms with Gasteiger partial charge in [-0.2, -0.15) is 0 Å². The maximum Gasteiger partial charge on any atom is 0.311 e. The number of halogens is 1. The topological polar surface area (TPSA) is 72.6 Å². The zero-order valence-electron chi connectivity index (χ0n) is 11.5. The van der Waals surface area contributed by atoms with Crippen LogP contribution in [-0.4, -0.2) is 10.0 Å². The minimum Gasteiger partial charge on any atom is -0.450 e. The van der Waals surface area contributed by atoms with Crippen LogP contribution < -0.4 is 4.74 Å². The van der Waals surface area contributed by atoms with E-state index < -0.39 is 16.8 Å². The molecular weight excluding hydrogens is 277 g/mol. The van der Waals surface area contributed by atoms with Crippen molar-refractivity contribution in [3.05, 3.63) is 63.5 Å². The highest BCUT2D eigenvalue weighted by Gasteiger charge is 2.20. The molecule has 6 heteroatoms. The molecule has 1 N–H and O–H groups in total. The fraction of sp³-hybridized carbons (Fsp3) is 0.200. The van der Waals surface area contributed by atoms with Crippen LogP contribution in [0.25, 0.3) is 0 Å². The summed E-state index contributed by atoms with van der Waals surface area (Å²) in [7, 11) is 0. The summed E-state index contributed by atoms with van der Waals surface area (Å²) in [6.45, 7) is 3.16. The lowest BCUT2D eigenvalue weighted by atomic mass is 10.1. The number of nitro groups is 1. The maximum absolute atomic E-state index is 13.8. The summed E-state index contributed by atoms with van der Waals surface area (Å²) in [6, 6.07) is 8.47. The van der Waals surface area contributed by atoms with Crippen molar-refractivity contribution in [1.82, 2.24) is 0 Å². The van der Waals surface area contributed by atoms with Gasteiger partial charge in [0.05, 0.1) is 16.6 Å². The highest BCUT2D eigenvalue weighted by Crippen LogP contribution is 2.36. The Hall–Kier alpha value is -2.47. The molecule has 0 spiro atoms. The summed E-state index contributed by atoms with van der Waals surface area (Å²) in [5.74, 6) is -0.566. The van der Waals surface area contributed by atoms with E-state index in [1.165, 1.54) is 37.3 Å². The van der Waals surface area contributed by atoms with Gasteiger partial charge in [0.1, 0.15) is 11.6 Å². The Morgan fingerprint density at radius 1 is 1.29 bits per heavy atom. The molecule has 1 unspecified atom stereocenters. The van der Waals surface area contributed by atoms with Gasteiger partial charge in [-0.1, -0.05) is 12.1 Å². The summed E-state index contributed by atoms with van der Waals surface area (Å²) in [5.41, 5.74) is 0.514. The van der Waals surface area contributed by atoms with E-state index in [-0.39, 0.29) is 22.7 Å². The second kappa shape index (κ2) is 5.88. The average molecular weight is 291 g/mol. The number of aliphatic hydroxyl groups excluding tert-OH is 1. The van der Waals surface area contributed by atoms with E-state index in [1.54, 1.807) is 13.0 Å². The predicted molar refractivity (Wildman–Crippen MR) is 74.9 cm³/mol. The Morgan fingerprint density at radius 2 is 2.00 bits per heavy atom. The van der Waals surface area contributed by atoms with E-state index in [2.05, 4.69) is 0 Å². The van der Waals surface area contributed by atoms with Crippen molar-refractivity contribution in [2.45, 2.75) is 20.0 Å². The van der Waals surface area contributed by atoms with E-state index in [1.807, 2.05) is 0 Å². The Balaban J connectivity index is 2.50. The van der Waals surface area contributed by atoms with Gasteiger partial charge in [0.15, 0.2) is 0 Å². The molecule has 0 saturated carbocycles. The van der Waals surface area contributed by atoms with Crippen molar-refractivity contribution < 1.29 is 19.2 Å². The third kappa shape index (κ3) is 3.17. The molecule has 0 aliphatic carbocycles. The van der Waals surface area contributed by atoms with Crippen LogP contribution in [0, 0.1) is 22.9 Å². The fourth-order valence-corrected chi connectivity index (χ4v) is 1.98. The zero-order chi connectivity index (χ0) is 15.6. The van der Waals surface area contributed by atoms with Crippen molar-refractivity contribution in [1.29, 1.82) is 0 Å². The molecule has 2 aromatic carbocycles. The molecule has 0 amide bonds. The molecule has 1 atom stereocenters. The first kappa shape index (κ1) is 14.9. The fourth-order valence-electron chi connectivity index (χ4n) is 1.98. The molecule has 5 nitrogen and oxygen atoms in total. The Labute approximate surface area is 120 Å². The molecule has 0 radical (unpaired) electrons. The Bertz CT molecular complexity index is 685. The van der Waals surface area contributed by atoms with Gasteiger partial charge in [0.25, 0.3) is 0 Å². The van der Waals surface area contributed by atoms with E-state index in [0.717, 1.165) is 5.56 Å². The summed E-state index contributed by atoms with van der Waals surface area (Å²) in [6.07, 6.45) is -1.09. The molecule has 110 valence electrons. The molecule has 0 heterocycles. The van der Waals surface area contributed by atoms with Gasteiger partial charge in [-0.25, -0.2) is 4.39 Å². The number of nitrogens with zero attached hydrogens (tertiary/aromatic N) is 1. The minimum atomic E-state index is -1.09. The lowest BCUT2D eigenvalue weighted by Crippen LogP contribution is -2.01. The third-order valence-electron chi connectivity index (χ3n) is 2.96. The van der Waals surface area contributed by atoms with Gasteiger partial charge in [0.2, 0.25) is 5.75 Å². The molecule has 21 heavy (non-hydrogen) atoms. The van der Waals surface area contributed by atoms with Crippen LogP contribution in [0.4, 0.5) is 10.1 Å². The van der Waals surface area contributed by atoms with Gasteiger partial charge < -0.3 is 9.84 Å². The van der Waals surface area contributed by atoms with E-state index in [9.17, 15) is 19.6 Å². The number of hydrogen-bond acceptors (Lipinski definition) is 4. The lowest BCUT2D eigenvalue weighted by Gasteiger charge is -2.14. The summed E-state index contributed by atoms with van der Waals surface area (Å²) < 4.78 is 19.3. The normalized spacial score (nSPS) is 12.0. The third-order valence-corrected chi connectivity index (χ3v) is 2.96. The van der Waals surface area contributed by atoms with Crippen molar-refractivity contribution >= 4 is 5.69 Å². The van der Waals surface area contributed by atoms with Gasteiger partial charge >= 0.3 is 5.69 Å². The quantitative estimate of drug-likeness (QED) is 0.685. The standard InChI is InChI=1S/C15H14FNO4/c1-9-6-7-12(17(19)20)14(8-9)21-13-5-3-4-11(16)15(13)10(2)18/h3-8,10,18H,1-2H3. The van der Waals surface area contributed by atoms with Gasteiger partial charge in [-0.05, 0) is 37.6 Å². The maximum atomic E-state index is 13.8. The van der Waals surface area contributed by atoms with E-state index >= 15 is 0 Å². The smallest absolute Gasteiger partial charge is 0.311 e. The van der Waals surface area contributed by atoms with E-state index in [0.29, 0.717) is 0 Å². The van der Waals surface area contributed by atoms with Crippen LogP contribution in [-0.2, 0) is 0 Å². The average Bonchev–Trinajstić information content (AvgIpc) is 2.37. The van der Waals surface area contributed by atoms with E-state index in [4.69, 9.17) is 4.74 Å². The number of nitro benzene ring substituents is 1. The molecular formula is C15H14FNO4. The minimum absolute atomic E-state index is 0.00694. The van der Waals surface area contributed by atoms with Gasteiger partial charge in [-0.3, -0.25) is 10.1 Å². The van der Waals surface area contributed by atoms with Gasteiger partial charge in [0, 0.05) is 6.07 Å². The van der Waals surface area contributed by atoms with Crippen LogP contribution in [0.2, 0.25) is 0 Å². The first-order chi connectivity index (χ1) is 9.90.